The van der Waals surface area contributed by atoms with Gasteiger partial charge in [-0.25, -0.2) is 9.78 Å². The van der Waals surface area contributed by atoms with Crippen LogP contribution >= 0.6 is 0 Å². The lowest BCUT2D eigenvalue weighted by atomic mass is 10.1. The molecule has 0 aromatic carbocycles. The van der Waals surface area contributed by atoms with Crippen molar-refractivity contribution >= 4 is 11.2 Å². The SMILES string of the molecule is CCCCCCCCN(CC)CCCCCCCCCCCn1c(=O)c2c(ncn2C)n(C)c1=O. The Balaban J connectivity index is 1.50. The number of hydrogen-bond acceptors (Lipinski definition) is 4. The van der Waals surface area contributed by atoms with Crippen LogP contribution < -0.4 is 11.2 Å². The Bertz CT molecular complexity index is 959. The average molecular weight is 490 g/mol. The van der Waals surface area contributed by atoms with Crippen molar-refractivity contribution in [3.05, 3.63) is 27.2 Å². The van der Waals surface area contributed by atoms with Gasteiger partial charge in [-0.3, -0.25) is 13.9 Å². The summed E-state index contributed by atoms with van der Waals surface area (Å²) in [5, 5.41) is 0. The third-order valence-corrected chi connectivity index (χ3v) is 7.33. The van der Waals surface area contributed by atoms with Gasteiger partial charge in [0.05, 0.1) is 6.33 Å². The average Bonchev–Trinajstić information content (AvgIpc) is 3.25. The van der Waals surface area contributed by atoms with Gasteiger partial charge in [-0.15, -0.1) is 0 Å². The van der Waals surface area contributed by atoms with Crippen molar-refractivity contribution < 1.29 is 0 Å². The molecular weight excluding hydrogens is 438 g/mol. The van der Waals surface area contributed by atoms with Gasteiger partial charge in [0.25, 0.3) is 5.56 Å². The van der Waals surface area contributed by atoms with Crippen molar-refractivity contribution in [1.29, 1.82) is 0 Å². The summed E-state index contributed by atoms with van der Waals surface area (Å²) in [6.07, 6.45) is 20.8. The molecule has 0 spiro atoms. The summed E-state index contributed by atoms with van der Waals surface area (Å²) in [5.74, 6) is 0. The quantitative estimate of drug-likeness (QED) is 0.226. The first kappa shape index (κ1) is 29.3. The predicted molar refractivity (Wildman–Crippen MR) is 147 cm³/mol. The van der Waals surface area contributed by atoms with Gasteiger partial charge in [0.2, 0.25) is 0 Å². The fraction of sp³-hybridized carbons (Fsp3) is 0.821. The highest BCUT2D eigenvalue weighted by molar-refractivity contribution is 5.69. The molecule has 2 rings (SSSR count). The van der Waals surface area contributed by atoms with E-state index in [1.54, 1.807) is 25.0 Å². The normalized spacial score (nSPS) is 11.8. The molecule has 0 saturated heterocycles. The van der Waals surface area contributed by atoms with Crippen LogP contribution in [-0.4, -0.2) is 43.2 Å². The van der Waals surface area contributed by atoms with Crippen molar-refractivity contribution in [2.24, 2.45) is 14.1 Å². The van der Waals surface area contributed by atoms with Crippen LogP contribution in [0.25, 0.3) is 11.2 Å². The fourth-order valence-corrected chi connectivity index (χ4v) is 4.98. The van der Waals surface area contributed by atoms with Gasteiger partial charge in [0.1, 0.15) is 0 Å². The number of unbranched alkanes of at least 4 members (excludes halogenated alkanes) is 13. The second-order valence-corrected chi connectivity index (χ2v) is 10.2. The summed E-state index contributed by atoms with van der Waals surface area (Å²) >= 11 is 0. The number of aryl methyl sites for hydroxylation is 2. The Morgan fingerprint density at radius 2 is 1.26 bits per heavy atom. The first-order valence-electron chi connectivity index (χ1n) is 14.3. The van der Waals surface area contributed by atoms with Gasteiger partial charge in [-0.1, -0.05) is 90.9 Å². The molecule has 0 amide bonds. The minimum atomic E-state index is -0.269. The van der Waals surface area contributed by atoms with Crippen LogP contribution in [0.1, 0.15) is 110 Å². The maximum absolute atomic E-state index is 12.7. The standard InChI is InChI=1S/C28H51N5O2/c1-5-7-8-9-15-18-21-32(6-2)22-19-16-13-11-10-12-14-17-20-23-33-27(34)25-26(29-24-30(25)3)31(4)28(33)35/h24H,5-23H2,1-4H3. The Hall–Kier alpha value is -1.89. The van der Waals surface area contributed by atoms with E-state index < -0.39 is 0 Å². The van der Waals surface area contributed by atoms with E-state index in [0.717, 1.165) is 12.8 Å². The molecule has 35 heavy (non-hydrogen) atoms. The lowest BCUT2D eigenvalue weighted by molar-refractivity contribution is 0.273. The molecule has 0 radical (unpaired) electrons. The van der Waals surface area contributed by atoms with Crippen LogP contribution in [0.15, 0.2) is 15.9 Å². The number of fused-ring (bicyclic) bond motifs is 1. The lowest BCUT2D eigenvalue weighted by Gasteiger charge is -2.20. The van der Waals surface area contributed by atoms with Crippen molar-refractivity contribution in [2.75, 3.05) is 19.6 Å². The van der Waals surface area contributed by atoms with Crippen LogP contribution in [0.3, 0.4) is 0 Å². The van der Waals surface area contributed by atoms with E-state index in [-0.39, 0.29) is 11.2 Å². The van der Waals surface area contributed by atoms with E-state index in [1.807, 2.05) is 0 Å². The van der Waals surface area contributed by atoms with Crippen LogP contribution in [0.4, 0.5) is 0 Å². The molecular formula is C28H51N5O2. The smallest absolute Gasteiger partial charge is 0.328 e. The molecule has 0 aliphatic rings. The van der Waals surface area contributed by atoms with Gasteiger partial charge in [-0.2, -0.15) is 0 Å². The number of imidazole rings is 1. The Kier molecular flexibility index (Phi) is 14.0. The van der Waals surface area contributed by atoms with E-state index in [2.05, 4.69) is 23.7 Å². The van der Waals surface area contributed by atoms with Gasteiger partial charge in [0, 0.05) is 20.6 Å². The minimum absolute atomic E-state index is 0.225. The fourth-order valence-electron chi connectivity index (χ4n) is 4.98. The monoisotopic (exact) mass is 489 g/mol. The molecule has 0 fully saturated rings. The summed E-state index contributed by atoms with van der Waals surface area (Å²) in [7, 11) is 3.48. The summed E-state index contributed by atoms with van der Waals surface area (Å²) in [6, 6.07) is 0. The van der Waals surface area contributed by atoms with E-state index >= 15 is 0 Å². The van der Waals surface area contributed by atoms with Gasteiger partial charge in [-0.05, 0) is 38.9 Å². The van der Waals surface area contributed by atoms with E-state index in [0.29, 0.717) is 17.7 Å². The zero-order chi connectivity index (χ0) is 25.5. The third-order valence-electron chi connectivity index (χ3n) is 7.33. The van der Waals surface area contributed by atoms with Crippen LogP contribution in [-0.2, 0) is 20.6 Å². The van der Waals surface area contributed by atoms with Gasteiger partial charge < -0.3 is 9.47 Å². The molecule has 0 saturated carbocycles. The van der Waals surface area contributed by atoms with Gasteiger partial charge >= 0.3 is 5.69 Å². The summed E-state index contributed by atoms with van der Waals surface area (Å²) in [4.78, 5) is 32.1. The zero-order valence-corrected chi connectivity index (χ0v) is 23.1. The van der Waals surface area contributed by atoms with Crippen LogP contribution in [0.5, 0.6) is 0 Å². The van der Waals surface area contributed by atoms with E-state index in [1.165, 1.54) is 112 Å². The second kappa shape index (κ2) is 16.7. The maximum atomic E-state index is 12.7. The van der Waals surface area contributed by atoms with Crippen LogP contribution in [0, 0.1) is 0 Å². The Morgan fingerprint density at radius 1 is 0.743 bits per heavy atom. The second-order valence-electron chi connectivity index (χ2n) is 10.2. The molecule has 0 aliphatic carbocycles. The lowest BCUT2D eigenvalue weighted by Crippen LogP contribution is -2.39. The van der Waals surface area contributed by atoms with Crippen molar-refractivity contribution in [2.45, 2.75) is 117 Å². The van der Waals surface area contributed by atoms with Crippen molar-refractivity contribution in [1.82, 2.24) is 23.6 Å². The highest BCUT2D eigenvalue weighted by Gasteiger charge is 2.14. The molecule has 2 aromatic rings. The number of nitrogens with zero attached hydrogens (tertiary/aromatic N) is 5. The first-order valence-corrected chi connectivity index (χ1v) is 14.3. The van der Waals surface area contributed by atoms with E-state index in [4.69, 9.17) is 0 Å². The topological polar surface area (TPSA) is 65.1 Å². The Morgan fingerprint density at radius 3 is 1.80 bits per heavy atom. The predicted octanol–water partition coefficient (Wildman–Crippen LogP) is 5.63. The summed E-state index contributed by atoms with van der Waals surface area (Å²) in [6.45, 7) is 8.78. The highest BCUT2D eigenvalue weighted by Crippen LogP contribution is 2.12. The Labute approximate surface area is 212 Å². The molecule has 0 aliphatic heterocycles. The van der Waals surface area contributed by atoms with Crippen LogP contribution in [0.2, 0.25) is 0 Å². The van der Waals surface area contributed by atoms with Gasteiger partial charge in [0.15, 0.2) is 11.2 Å². The summed E-state index contributed by atoms with van der Waals surface area (Å²) in [5.41, 5.74) is 0.460. The minimum Gasteiger partial charge on any atom is -0.328 e. The van der Waals surface area contributed by atoms with E-state index in [9.17, 15) is 9.59 Å². The number of hydrogen-bond donors (Lipinski definition) is 0. The first-order chi connectivity index (χ1) is 17.0. The zero-order valence-electron chi connectivity index (χ0n) is 23.1. The molecule has 2 heterocycles. The molecule has 0 atom stereocenters. The number of rotatable bonds is 20. The molecule has 7 heteroatoms. The summed E-state index contributed by atoms with van der Waals surface area (Å²) < 4.78 is 4.55. The largest absolute Gasteiger partial charge is 0.332 e. The van der Waals surface area contributed by atoms with Crippen molar-refractivity contribution in [3.63, 3.8) is 0 Å². The molecule has 0 bridgehead atoms. The molecule has 200 valence electrons. The third kappa shape index (κ3) is 9.59. The molecule has 2 aromatic heterocycles. The molecule has 0 unspecified atom stereocenters. The molecule has 0 N–H and O–H groups in total. The number of aromatic nitrogens is 4. The maximum Gasteiger partial charge on any atom is 0.332 e. The molecule has 7 nitrogen and oxygen atoms in total. The van der Waals surface area contributed by atoms with Crippen molar-refractivity contribution in [3.8, 4) is 0 Å². The highest BCUT2D eigenvalue weighted by atomic mass is 16.2.